The zero-order chi connectivity index (χ0) is 18.0. The Balaban J connectivity index is 1.64. The molecule has 5 nitrogen and oxygen atoms in total. The van der Waals surface area contributed by atoms with Crippen molar-refractivity contribution in [2.45, 2.75) is 70.0 Å². The third-order valence-corrected chi connectivity index (χ3v) is 8.50. The van der Waals surface area contributed by atoms with Crippen LogP contribution in [0.15, 0.2) is 0 Å². The number of fused-ring (bicyclic) bond motifs is 5. The highest BCUT2D eigenvalue weighted by Gasteiger charge is 2.63. The lowest BCUT2D eigenvalue weighted by atomic mass is 9.46. The van der Waals surface area contributed by atoms with Crippen LogP contribution in [0.3, 0.4) is 0 Å². The summed E-state index contributed by atoms with van der Waals surface area (Å²) < 4.78 is 0. The molecule has 4 fully saturated rings. The van der Waals surface area contributed by atoms with Crippen molar-refractivity contribution in [1.82, 2.24) is 0 Å². The van der Waals surface area contributed by atoms with E-state index in [1.54, 1.807) is 0 Å². The minimum atomic E-state index is -1.47. The number of hydrogen-bond donors (Lipinski definition) is 3. The molecule has 5 heteroatoms. The minimum absolute atomic E-state index is 0.0110. The maximum atomic E-state index is 12.2. The van der Waals surface area contributed by atoms with Crippen molar-refractivity contribution in [3.05, 3.63) is 0 Å². The largest absolute Gasteiger partial charge is 0.393 e. The zero-order valence-corrected chi connectivity index (χ0v) is 15.0. The average Bonchev–Trinajstić information content (AvgIpc) is 2.92. The first-order chi connectivity index (χ1) is 11.8. The van der Waals surface area contributed by atoms with Crippen LogP contribution in [0, 0.1) is 35.0 Å². The lowest BCUT2D eigenvalue weighted by Gasteiger charge is -2.59. The van der Waals surface area contributed by atoms with Gasteiger partial charge in [-0.05, 0) is 67.6 Å². The third-order valence-electron chi connectivity index (χ3n) is 8.50. The summed E-state index contributed by atoms with van der Waals surface area (Å²) in [5, 5.41) is 31.2. The van der Waals surface area contributed by atoms with Crippen molar-refractivity contribution in [1.29, 1.82) is 0 Å². The topological polar surface area (TPSA) is 94.8 Å². The van der Waals surface area contributed by atoms with Crippen LogP contribution >= 0.6 is 0 Å². The van der Waals surface area contributed by atoms with Gasteiger partial charge >= 0.3 is 0 Å². The van der Waals surface area contributed by atoms with E-state index >= 15 is 0 Å². The van der Waals surface area contributed by atoms with E-state index in [9.17, 15) is 24.9 Å². The van der Waals surface area contributed by atoms with Crippen molar-refractivity contribution < 1.29 is 24.9 Å². The summed E-state index contributed by atoms with van der Waals surface area (Å²) in [6.07, 6.45) is 5.18. The number of carbonyl (C=O) groups excluding carboxylic acids is 2. The van der Waals surface area contributed by atoms with E-state index in [2.05, 4.69) is 6.92 Å². The van der Waals surface area contributed by atoms with Crippen LogP contribution in [-0.2, 0) is 9.59 Å². The highest BCUT2D eigenvalue weighted by molar-refractivity contribution is 5.88. The van der Waals surface area contributed by atoms with Gasteiger partial charge in [0.25, 0.3) is 0 Å². The Morgan fingerprint density at radius 3 is 2.68 bits per heavy atom. The number of rotatable bonds is 2. The minimum Gasteiger partial charge on any atom is -0.393 e. The molecule has 0 heterocycles. The normalized spacial score (nSPS) is 52.2. The van der Waals surface area contributed by atoms with Crippen LogP contribution in [0.5, 0.6) is 0 Å². The number of ketones is 2. The summed E-state index contributed by atoms with van der Waals surface area (Å²) in [7, 11) is 0. The van der Waals surface area contributed by atoms with E-state index in [4.69, 9.17) is 0 Å². The summed E-state index contributed by atoms with van der Waals surface area (Å²) >= 11 is 0. The molecule has 4 aliphatic rings. The summed E-state index contributed by atoms with van der Waals surface area (Å²) in [4.78, 5) is 24.1. The van der Waals surface area contributed by atoms with Gasteiger partial charge in [0.05, 0.1) is 6.10 Å². The van der Waals surface area contributed by atoms with Crippen LogP contribution < -0.4 is 0 Å². The van der Waals surface area contributed by atoms with Gasteiger partial charge < -0.3 is 15.3 Å². The number of aliphatic hydroxyl groups is 3. The molecule has 4 aliphatic carbocycles. The van der Waals surface area contributed by atoms with Gasteiger partial charge in [-0.2, -0.15) is 0 Å². The van der Waals surface area contributed by atoms with Crippen molar-refractivity contribution in [2.75, 3.05) is 6.61 Å². The van der Waals surface area contributed by atoms with E-state index in [1.807, 2.05) is 0 Å². The predicted molar refractivity (Wildman–Crippen MR) is 90.5 cm³/mol. The molecule has 0 spiro atoms. The molecule has 0 saturated heterocycles. The predicted octanol–water partition coefficient (Wildman–Crippen LogP) is 1.47. The molecule has 0 aromatic carbocycles. The molecule has 3 N–H and O–H groups in total. The van der Waals surface area contributed by atoms with Crippen molar-refractivity contribution in [3.8, 4) is 0 Å². The zero-order valence-electron chi connectivity index (χ0n) is 15.0. The summed E-state index contributed by atoms with van der Waals surface area (Å²) in [6.45, 7) is 1.62. The number of carbonyl (C=O) groups is 2. The molecule has 140 valence electrons. The monoisotopic (exact) mass is 350 g/mol. The van der Waals surface area contributed by atoms with E-state index in [0.717, 1.165) is 25.7 Å². The van der Waals surface area contributed by atoms with Crippen LogP contribution in [0.4, 0.5) is 0 Å². The third kappa shape index (κ3) is 2.38. The maximum absolute atomic E-state index is 12.2. The van der Waals surface area contributed by atoms with Crippen LogP contribution in [0.25, 0.3) is 0 Å². The molecule has 0 aliphatic heterocycles. The lowest BCUT2D eigenvalue weighted by Crippen LogP contribution is -2.59. The molecular weight excluding hydrogens is 320 g/mol. The molecule has 8 atom stereocenters. The Hall–Kier alpha value is -0.780. The molecule has 0 radical (unpaired) electrons. The smallest absolute Gasteiger partial charge is 0.189 e. The van der Waals surface area contributed by atoms with Gasteiger partial charge in [-0.3, -0.25) is 9.59 Å². The molecule has 0 bridgehead atoms. The Morgan fingerprint density at radius 1 is 1.20 bits per heavy atom. The molecule has 0 aromatic rings. The van der Waals surface area contributed by atoms with E-state index in [0.29, 0.717) is 43.3 Å². The molecule has 0 aromatic heterocycles. The highest BCUT2D eigenvalue weighted by atomic mass is 16.3. The number of aliphatic hydroxyl groups excluding tert-OH is 2. The summed E-state index contributed by atoms with van der Waals surface area (Å²) in [6, 6.07) is 0. The van der Waals surface area contributed by atoms with Crippen LogP contribution in [0.2, 0.25) is 0 Å². The first kappa shape index (κ1) is 17.6. The fraction of sp³-hybridized carbons (Fsp3) is 0.900. The Kier molecular flexibility index (Phi) is 4.13. The van der Waals surface area contributed by atoms with Crippen LogP contribution in [-0.4, -0.2) is 45.2 Å². The average molecular weight is 350 g/mol. The molecule has 1 unspecified atom stereocenters. The second-order valence-corrected chi connectivity index (χ2v) is 9.33. The molecule has 25 heavy (non-hydrogen) atoms. The van der Waals surface area contributed by atoms with Gasteiger partial charge in [-0.15, -0.1) is 0 Å². The second kappa shape index (κ2) is 5.86. The fourth-order valence-corrected chi connectivity index (χ4v) is 7.26. The Bertz CT molecular complexity index is 589. The number of hydrogen-bond acceptors (Lipinski definition) is 5. The van der Waals surface area contributed by atoms with E-state index in [-0.39, 0.29) is 23.2 Å². The summed E-state index contributed by atoms with van der Waals surface area (Å²) in [5.74, 6) is 0.691. The molecule has 0 amide bonds. The van der Waals surface area contributed by atoms with Gasteiger partial charge in [-0.25, -0.2) is 0 Å². The van der Waals surface area contributed by atoms with E-state index in [1.165, 1.54) is 0 Å². The van der Waals surface area contributed by atoms with Gasteiger partial charge in [-0.1, -0.05) is 6.92 Å². The van der Waals surface area contributed by atoms with Crippen LogP contribution in [0.1, 0.15) is 58.3 Å². The number of Topliss-reactive ketones (excluding diaryl/α,β-unsaturated/α-hetero) is 2. The first-order valence-corrected chi connectivity index (χ1v) is 9.87. The molecule has 4 rings (SSSR count). The summed E-state index contributed by atoms with van der Waals surface area (Å²) in [5.41, 5.74) is -1.48. The van der Waals surface area contributed by atoms with Crippen molar-refractivity contribution in [3.63, 3.8) is 0 Å². The lowest BCUT2D eigenvalue weighted by molar-refractivity contribution is -0.173. The highest BCUT2D eigenvalue weighted by Crippen LogP contribution is 2.64. The van der Waals surface area contributed by atoms with E-state index < -0.39 is 24.1 Å². The SMILES string of the molecule is C[C@]12CCC(=O)CC1CC[C@H]1[C@@H]3CC[C@](O)(C(=O)CO)[C@H]3C[C@H](O)[C@@H]12. The van der Waals surface area contributed by atoms with Gasteiger partial charge in [0.1, 0.15) is 18.0 Å². The van der Waals surface area contributed by atoms with Crippen molar-refractivity contribution >= 4 is 11.6 Å². The Labute approximate surface area is 148 Å². The first-order valence-electron chi connectivity index (χ1n) is 9.87. The standard InChI is InChI=1S/C20H30O5/c1-19-6-4-12(22)8-11(19)2-3-14-13-5-7-20(25,17(24)10-21)15(13)9-16(23)18(14)19/h11,13-16,18,21,23,25H,2-10H2,1H3/t11?,13-,14-,15-,16-,18+,19-,20+/m0/s1. The second-order valence-electron chi connectivity index (χ2n) is 9.33. The van der Waals surface area contributed by atoms with Gasteiger partial charge in [0, 0.05) is 18.8 Å². The quantitative estimate of drug-likeness (QED) is 0.701. The fourth-order valence-electron chi connectivity index (χ4n) is 7.26. The van der Waals surface area contributed by atoms with Crippen molar-refractivity contribution in [2.24, 2.45) is 35.0 Å². The Morgan fingerprint density at radius 2 is 1.96 bits per heavy atom. The van der Waals surface area contributed by atoms with Gasteiger partial charge in [0.2, 0.25) is 0 Å². The molecule has 4 saturated carbocycles. The van der Waals surface area contributed by atoms with Gasteiger partial charge in [0.15, 0.2) is 5.78 Å². The molecular formula is C20H30O5. The maximum Gasteiger partial charge on any atom is 0.189 e.